The van der Waals surface area contributed by atoms with Gasteiger partial charge in [0.25, 0.3) is 0 Å². The zero-order chi connectivity index (χ0) is 14.0. The van der Waals surface area contributed by atoms with Crippen LogP contribution in [0.2, 0.25) is 0 Å². The quantitative estimate of drug-likeness (QED) is 0.740. The predicted octanol–water partition coefficient (Wildman–Crippen LogP) is 2.07. The van der Waals surface area contributed by atoms with E-state index in [9.17, 15) is 8.42 Å². The van der Waals surface area contributed by atoms with Crippen LogP contribution >= 0.6 is 22.6 Å². The van der Waals surface area contributed by atoms with Crippen molar-refractivity contribution >= 4 is 44.5 Å². The Morgan fingerprint density at radius 1 is 1.42 bits per heavy atom. The van der Waals surface area contributed by atoms with E-state index in [1.54, 1.807) is 18.6 Å². The lowest BCUT2D eigenvalue weighted by Gasteiger charge is -2.21. The fourth-order valence-corrected chi connectivity index (χ4v) is 3.63. The van der Waals surface area contributed by atoms with Crippen LogP contribution in [0.25, 0.3) is 0 Å². The molecule has 0 amide bonds. The van der Waals surface area contributed by atoms with E-state index in [4.69, 9.17) is 4.74 Å². The van der Waals surface area contributed by atoms with Gasteiger partial charge in [0.2, 0.25) is 0 Å². The number of nitrogens with zero attached hydrogens (tertiary/aromatic N) is 2. The number of rotatable bonds is 3. The highest BCUT2D eigenvalue weighted by Crippen LogP contribution is 2.34. The zero-order valence-corrected chi connectivity index (χ0v) is 13.5. The zero-order valence-electron chi connectivity index (χ0n) is 10.5. The molecule has 1 aromatic carbocycles. The lowest BCUT2D eigenvalue weighted by molar-refractivity contribution is 0.400. The summed E-state index contributed by atoms with van der Waals surface area (Å²) in [6.07, 6.45) is 6.46. The van der Waals surface area contributed by atoms with Gasteiger partial charge < -0.3 is 9.64 Å². The molecule has 0 saturated carbocycles. The normalized spacial score (nSPS) is 14.8. The first-order chi connectivity index (χ1) is 8.93. The van der Waals surface area contributed by atoms with Gasteiger partial charge in [-0.1, -0.05) is 0 Å². The van der Waals surface area contributed by atoms with E-state index in [0.29, 0.717) is 12.3 Å². The van der Waals surface area contributed by atoms with Crippen molar-refractivity contribution in [2.75, 3.05) is 24.8 Å². The third-order valence-corrected chi connectivity index (χ3v) is 4.53. The minimum absolute atomic E-state index is 0.194. The third-order valence-electron chi connectivity index (χ3n) is 2.63. The summed E-state index contributed by atoms with van der Waals surface area (Å²) in [5.41, 5.74) is 0.777. The van der Waals surface area contributed by atoms with Gasteiger partial charge in [-0.3, -0.25) is 0 Å². The lowest BCUT2D eigenvalue weighted by atomic mass is 10.2. The number of anilines is 1. The number of methoxy groups -OCH3 is 1. The lowest BCUT2D eigenvalue weighted by Crippen LogP contribution is -2.23. The molecule has 0 radical (unpaired) electrons. The number of ether oxygens (including phenoxy) is 1. The van der Waals surface area contributed by atoms with Crippen molar-refractivity contribution in [1.29, 1.82) is 0 Å². The number of halogens is 1. The standard InChI is InChI=1S/C12H13IN2O3S/c1-18-12-10(13)6-9(7-11(12)19(2,16)17)15-5-3-4-14-8-15/h3-4,6-8H,5H2,1-2H3. The Hall–Kier alpha value is -1.09. The highest BCUT2D eigenvalue weighted by Gasteiger charge is 2.20. The maximum Gasteiger partial charge on any atom is 0.179 e. The summed E-state index contributed by atoms with van der Waals surface area (Å²) < 4.78 is 29.6. The van der Waals surface area contributed by atoms with E-state index in [0.717, 1.165) is 9.26 Å². The van der Waals surface area contributed by atoms with Crippen LogP contribution in [0.3, 0.4) is 0 Å². The van der Waals surface area contributed by atoms with Gasteiger partial charge in [0.15, 0.2) is 15.6 Å². The van der Waals surface area contributed by atoms with Crippen molar-refractivity contribution < 1.29 is 13.2 Å². The molecule has 0 unspecified atom stereocenters. The Morgan fingerprint density at radius 3 is 2.68 bits per heavy atom. The van der Waals surface area contributed by atoms with E-state index >= 15 is 0 Å². The molecule has 7 heteroatoms. The molecular weight excluding hydrogens is 379 g/mol. The van der Waals surface area contributed by atoms with E-state index in [1.165, 1.54) is 13.4 Å². The van der Waals surface area contributed by atoms with Crippen LogP contribution in [-0.2, 0) is 9.84 Å². The average molecular weight is 392 g/mol. The predicted molar refractivity (Wildman–Crippen MR) is 83.8 cm³/mol. The molecule has 0 N–H and O–H groups in total. The van der Waals surface area contributed by atoms with Crippen LogP contribution < -0.4 is 9.64 Å². The number of hydrogen-bond donors (Lipinski definition) is 0. The van der Waals surface area contributed by atoms with Crippen LogP contribution in [0.4, 0.5) is 5.69 Å². The largest absolute Gasteiger partial charge is 0.494 e. The molecule has 1 aromatic rings. The Kier molecular flexibility index (Phi) is 4.14. The van der Waals surface area contributed by atoms with Gasteiger partial charge >= 0.3 is 0 Å². The monoisotopic (exact) mass is 392 g/mol. The van der Waals surface area contributed by atoms with Crippen molar-refractivity contribution in [2.24, 2.45) is 4.99 Å². The van der Waals surface area contributed by atoms with Gasteiger partial charge in [-0.2, -0.15) is 0 Å². The number of hydrogen-bond acceptors (Lipinski definition) is 5. The number of benzene rings is 1. The van der Waals surface area contributed by atoms with Gasteiger partial charge in [-0.25, -0.2) is 13.4 Å². The first kappa shape index (κ1) is 14.3. The molecule has 0 bridgehead atoms. The first-order valence-electron chi connectivity index (χ1n) is 5.46. The van der Waals surface area contributed by atoms with Gasteiger partial charge in [-0.05, 0) is 40.8 Å². The molecule has 0 saturated heterocycles. The van der Waals surface area contributed by atoms with E-state index < -0.39 is 9.84 Å². The Morgan fingerprint density at radius 2 is 2.16 bits per heavy atom. The maximum atomic E-state index is 11.9. The first-order valence-corrected chi connectivity index (χ1v) is 8.43. The summed E-state index contributed by atoms with van der Waals surface area (Å²) in [7, 11) is -1.88. The van der Waals surface area contributed by atoms with E-state index in [2.05, 4.69) is 27.6 Å². The molecular formula is C12H13IN2O3S. The fourth-order valence-electron chi connectivity index (χ4n) is 1.75. The minimum Gasteiger partial charge on any atom is -0.494 e. The molecule has 102 valence electrons. The molecule has 0 aromatic heterocycles. The average Bonchev–Trinajstić information content (AvgIpc) is 2.37. The molecule has 1 aliphatic heterocycles. The van der Waals surface area contributed by atoms with Gasteiger partial charge in [0.05, 0.1) is 17.0 Å². The van der Waals surface area contributed by atoms with Crippen LogP contribution in [0.1, 0.15) is 0 Å². The molecule has 0 aliphatic carbocycles. The molecule has 0 fully saturated rings. The summed E-state index contributed by atoms with van der Waals surface area (Å²) in [6, 6.07) is 3.49. The highest BCUT2D eigenvalue weighted by atomic mass is 127. The summed E-state index contributed by atoms with van der Waals surface area (Å²) in [6.45, 7) is 0.662. The van der Waals surface area contributed by atoms with E-state index in [-0.39, 0.29) is 4.90 Å². The fraction of sp³-hybridized carbons (Fsp3) is 0.250. The SMILES string of the molecule is COc1c(I)cc(N2C=NC=CC2)cc1S(C)(=O)=O. The summed E-state index contributed by atoms with van der Waals surface area (Å²) >= 11 is 2.07. The third kappa shape index (κ3) is 3.08. The number of aliphatic imine (C=N–C) groups is 1. The molecule has 0 atom stereocenters. The Bertz CT molecular complexity index is 653. The van der Waals surface area contributed by atoms with Crippen LogP contribution in [0.5, 0.6) is 5.75 Å². The topological polar surface area (TPSA) is 59.0 Å². The van der Waals surface area contributed by atoms with Crippen molar-refractivity contribution in [2.45, 2.75) is 4.90 Å². The van der Waals surface area contributed by atoms with Crippen LogP contribution in [-0.4, -0.2) is 34.7 Å². The molecule has 1 aliphatic rings. The molecule has 19 heavy (non-hydrogen) atoms. The summed E-state index contributed by atoms with van der Waals surface area (Å²) in [5.74, 6) is 0.386. The Balaban J connectivity index is 2.57. The highest BCUT2D eigenvalue weighted by molar-refractivity contribution is 14.1. The summed E-state index contributed by atoms with van der Waals surface area (Å²) in [4.78, 5) is 6.10. The second kappa shape index (κ2) is 5.49. The minimum atomic E-state index is -3.35. The second-order valence-electron chi connectivity index (χ2n) is 4.03. The smallest absolute Gasteiger partial charge is 0.179 e. The van der Waals surface area contributed by atoms with Gasteiger partial charge in [0.1, 0.15) is 4.90 Å². The van der Waals surface area contributed by atoms with Crippen molar-refractivity contribution in [1.82, 2.24) is 0 Å². The molecule has 5 nitrogen and oxygen atoms in total. The van der Waals surface area contributed by atoms with Crippen molar-refractivity contribution in [3.63, 3.8) is 0 Å². The van der Waals surface area contributed by atoms with Crippen LogP contribution in [0, 0.1) is 3.57 Å². The van der Waals surface area contributed by atoms with Crippen molar-refractivity contribution in [3.05, 3.63) is 28.0 Å². The second-order valence-corrected chi connectivity index (χ2v) is 7.18. The van der Waals surface area contributed by atoms with Gasteiger partial charge in [-0.15, -0.1) is 0 Å². The number of sulfone groups is 1. The van der Waals surface area contributed by atoms with Crippen molar-refractivity contribution in [3.8, 4) is 5.75 Å². The van der Waals surface area contributed by atoms with Gasteiger partial charge in [0, 0.05) is 24.7 Å². The van der Waals surface area contributed by atoms with Crippen LogP contribution in [0.15, 0.2) is 34.3 Å². The molecule has 0 spiro atoms. The maximum absolute atomic E-state index is 11.9. The Labute approximate surface area is 126 Å². The van der Waals surface area contributed by atoms with E-state index in [1.807, 2.05) is 17.0 Å². The molecule has 1 heterocycles. The molecule has 2 rings (SSSR count). The summed E-state index contributed by atoms with van der Waals surface area (Å²) in [5, 5.41) is 0.